The van der Waals surface area contributed by atoms with Crippen LogP contribution in [0.5, 0.6) is 0 Å². The van der Waals surface area contributed by atoms with Gasteiger partial charge >= 0.3 is 0 Å². The first-order valence-corrected chi connectivity index (χ1v) is 10.3. The summed E-state index contributed by atoms with van der Waals surface area (Å²) in [4.78, 5) is 30.2. The van der Waals surface area contributed by atoms with Gasteiger partial charge in [0.2, 0.25) is 11.9 Å². The van der Waals surface area contributed by atoms with E-state index in [-0.39, 0.29) is 24.3 Å². The number of carbonyl (C=O) groups is 2. The number of aryl methyl sites for hydroxylation is 1. The average Bonchev–Trinajstić information content (AvgIpc) is 3.21. The molecule has 3 N–H and O–H groups in total. The zero-order chi connectivity index (χ0) is 24.1. The van der Waals surface area contributed by atoms with E-state index in [0.717, 1.165) is 4.90 Å². The maximum absolute atomic E-state index is 14.3. The number of pyridine rings is 1. The molecule has 33 heavy (non-hydrogen) atoms. The standard InChI is InChI=1S/C24H25F2N5O2/c1-15(32)20-13-18(14-31(20)11-5-9-25)21(23(33)30(2)24(27)28)17-7-3-6-16(12-17)19-8-4-10-29-22(19)26/h3-4,6-8,10,12-14,21H,5,9,11H2,1-2H3,(H3,27,28). The minimum atomic E-state index is -0.927. The summed E-state index contributed by atoms with van der Waals surface area (Å²) < 4.78 is 28.7. The molecule has 9 heteroatoms. The Morgan fingerprint density at radius 2 is 1.97 bits per heavy atom. The van der Waals surface area contributed by atoms with E-state index in [1.165, 1.54) is 20.2 Å². The third kappa shape index (κ3) is 5.14. The van der Waals surface area contributed by atoms with Gasteiger partial charge in [-0.25, -0.2) is 4.98 Å². The van der Waals surface area contributed by atoms with Gasteiger partial charge in [-0.15, -0.1) is 0 Å². The van der Waals surface area contributed by atoms with Gasteiger partial charge in [-0.05, 0) is 47.4 Å². The molecule has 1 atom stereocenters. The Morgan fingerprint density at radius 3 is 2.61 bits per heavy atom. The number of Topliss-reactive ketones (excluding diaryl/α,β-unsaturated/α-hetero) is 1. The summed E-state index contributed by atoms with van der Waals surface area (Å²) >= 11 is 0. The highest BCUT2D eigenvalue weighted by Crippen LogP contribution is 2.32. The second-order valence-corrected chi connectivity index (χ2v) is 7.63. The van der Waals surface area contributed by atoms with Crippen LogP contribution in [0, 0.1) is 11.4 Å². The third-order valence-corrected chi connectivity index (χ3v) is 5.37. The van der Waals surface area contributed by atoms with E-state index < -0.39 is 30.4 Å². The van der Waals surface area contributed by atoms with Crippen LogP contribution in [0.1, 0.15) is 40.9 Å². The van der Waals surface area contributed by atoms with Gasteiger partial charge in [-0.3, -0.25) is 24.3 Å². The number of amides is 1. The second-order valence-electron chi connectivity index (χ2n) is 7.63. The maximum Gasteiger partial charge on any atom is 0.241 e. The van der Waals surface area contributed by atoms with E-state index >= 15 is 0 Å². The molecule has 0 aliphatic heterocycles. The lowest BCUT2D eigenvalue weighted by Gasteiger charge is -2.23. The van der Waals surface area contributed by atoms with Crippen LogP contribution in [0.4, 0.5) is 8.78 Å². The number of nitrogens with zero attached hydrogens (tertiary/aromatic N) is 3. The number of carbonyl (C=O) groups excluding carboxylic acids is 2. The fraction of sp³-hybridized carbons (Fsp3) is 0.250. The number of hydrogen-bond acceptors (Lipinski definition) is 4. The van der Waals surface area contributed by atoms with Crippen molar-refractivity contribution in [1.82, 2.24) is 14.5 Å². The Morgan fingerprint density at radius 1 is 1.21 bits per heavy atom. The summed E-state index contributed by atoms with van der Waals surface area (Å²) in [5.74, 6) is -2.73. The minimum Gasteiger partial charge on any atom is -0.370 e. The zero-order valence-electron chi connectivity index (χ0n) is 18.4. The zero-order valence-corrected chi connectivity index (χ0v) is 18.4. The molecule has 0 saturated heterocycles. The molecule has 2 heterocycles. The normalized spacial score (nSPS) is 11.8. The molecule has 0 aliphatic rings. The molecular formula is C24H25F2N5O2. The highest BCUT2D eigenvalue weighted by molar-refractivity contribution is 6.00. The Kier molecular flexibility index (Phi) is 7.32. The summed E-state index contributed by atoms with van der Waals surface area (Å²) in [6.07, 6.45) is 3.21. The van der Waals surface area contributed by atoms with E-state index in [1.54, 1.807) is 53.2 Å². The van der Waals surface area contributed by atoms with Crippen molar-refractivity contribution in [1.29, 1.82) is 5.41 Å². The van der Waals surface area contributed by atoms with Crippen LogP contribution in [-0.2, 0) is 11.3 Å². The van der Waals surface area contributed by atoms with Gasteiger partial charge in [-0.1, -0.05) is 18.2 Å². The number of guanidine groups is 1. The van der Waals surface area contributed by atoms with Gasteiger partial charge in [0.25, 0.3) is 0 Å². The van der Waals surface area contributed by atoms with E-state index in [2.05, 4.69) is 4.98 Å². The first-order chi connectivity index (χ1) is 15.7. The van der Waals surface area contributed by atoms with Crippen LogP contribution in [0.3, 0.4) is 0 Å². The van der Waals surface area contributed by atoms with Crippen molar-refractivity contribution in [3.05, 3.63) is 77.6 Å². The number of rotatable bonds is 8. The number of nitrogens with one attached hydrogen (secondary N) is 1. The van der Waals surface area contributed by atoms with Crippen LogP contribution >= 0.6 is 0 Å². The molecule has 7 nitrogen and oxygen atoms in total. The summed E-state index contributed by atoms with van der Waals surface area (Å²) in [5, 5.41) is 7.68. The molecule has 1 amide bonds. The molecule has 1 aromatic carbocycles. The Balaban J connectivity index is 2.16. The lowest BCUT2D eigenvalue weighted by Crippen LogP contribution is -2.41. The SMILES string of the molecule is CC(=O)c1cc(C(C(=O)N(C)C(=N)N)c2cccc(-c3cccnc3F)c2)cn1CCCF. The first kappa shape index (κ1) is 23.8. The van der Waals surface area contributed by atoms with Gasteiger partial charge in [0.1, 0.15) is 0 Å². The van der Waals surface area contributed by atoms with E-state index in [9.17, 15) is 18.4 Å². The molecule has 0 aliphatic carbocycles. The van der Waals surface area contributed by atoms with Crippen LogP contribution in [-0.4, -0.2) is 45.8 Å². The van der Waals surface area contributed by atoms with E-state index in [4.69, 9.17) is 11.1 Å². The molecule has 0 fully saturated rings. The predicted octanol–water partition coefficient (Wildman–Crippen LogP) is 3.74. The van der Waals surface area contributed by atoms with Crippen molar-refractivity contribution in [2.75, 3.05) is 13.7 Å². The van der Waals surface area contributed by atoms with Crippen LogP contribution in [0.15, 0.2) is 54.9 Å². The number of ketones is 1. The fourth-order valence-corrected chi connectivity index (χ4v) is 3.68. The molecule has 0 radical (unpaired) electrons. The monoisotopic (exact) mass is 453 g/mol. The van der Waals surface area contributed by atoms with Crippen molar-refractivity contribution >= 4 is 17.6 Å². The van der Waals surface area contributed by atoms with Crippen LogP contribution in [0.2, 0.25) is 0 Å². The van der Waals surface area contributed by atoms with Crippen LogP contribution in [0.25, 0.3) is 11.1 Å². The van der Waals surface area contributed by atoms with E-state index in [1.807, 2.05) is 0 Å². The molecule has 3 aromatic rings. The molecule has 1 unspecified atom stereocenters. The lowest BCUT2D eigenvalue weighted by atomic mass is 9.89. The molecule has 172 valence electrons. The first-order valence-electron chi connectivity index (χ1n) is 10.3. The Labute approximate surface area is 190 Å². The van der Waals surface area contributed by atoms with Crippen LogP contribution < -0.4 is 5.73 Å². The molecule has 0 saturated carbocycles. The van der Waals surface area contributed by atoms with Crippen molar-refractivity contribution in [2.24, 2.45) is 5.73 Å². The van der Waals surface area contributed by atoms with Gasteiger partial charge in [0.15, 0.2) is 11.7 Å². The highest BCUT2D eigenvalue weighted by Gasteiger charge is 2.29. The fourth-order valence-electron chi connectivity index (χ4n) is 3.68. The van der Waals surface area contributed by atoms with Crippen molar-refractivity contribution in [3.63, 3.8) is 0 Å². The largest absolute Gasteiger partial charge is 0.370 e. The molecule has 2 aromatic heterocycles. The number of hydrogen-bond donors (Lipinski definition) is 2. The Hall–Kier alpha value is -3.88. The summed E-state index contributed by atoms with van der Waals surface area (Å²) in [6.45, 7) is 1.13. The molecule has 0 bridgehead atoms. The lowest BCUT2D eigenvalue weighted by molar-refractivity contribution is -0.127. The minimum absolute atomic E-state index is 0.218. The number of benzene rings is 1. The van der Waals surface area contributed by atoms with Crippen molar-refractivity contribution in [2.45, 2.75) is 25.8 Å². The highest BCUT2D eigenvalue weighted by atomic mass is 19.1. The second kappa shape index (κ2) is 10.2. The number of aromatic nitrogens is 2. The van der Waals surface area contributed by atoms with Gasteiger partial charge in [-0.2, -0.15) is 4.39 Å². The van der Waals surface area contributed by atoms with E-state index in [0.29, 0.717) is 22.4 Å². The van der Waals surface area contributed by atoms with Crippen molar-refractivity contribution in [3.8, 4) is 11.1 Å². The predicted molar refractivity (Wildman–Crippen MR) is 121 cm³/mol. The molecule has 3 rings (SSSR count). The molecular weight excluding hydrogens is 428 g/mol. The number of halogens is 2. The van der Waals surface area contributed by atoms with Gasteiger partial charge in [0.05, 0.1) is 18.3 Å². The van der Waals surface area contributed by atoms with Crippen molar-refractivity contribution < 1.29 is 18.4 Å². The number of alkyl halides is 1. The maximum atomic E-state index is 14.3. The smallest absolute Gasteiger partial charge is 0.241 e. The summed E-state index contributed by atoms with van der Waals surface area (Å²) in [5.41, 5.74) is 7.69. The Bertz CT molecular complexity index is 1190. The number of likely N-dealkylation sites (N-methyl/N-ethyl adjacent to an activating group) is 1. The quantitative estimate of drug-likeness (QED) is 0.235. The van der Waals surface area contributed by atoms with Gasteiger partial charge < -0.3 is 10.3 Å². The summed E-state index contributed by atoms with van der Waals surface area (Å²) in [7, 11) is 1.38. The third-order valence-electron chi connectivity index (χ3n) is 5.37. The summed E-state index contributed by atoms with van der Waals surface area (Å²) in [6, 6.07) is 11.6. The molecule has 0 spiro atoms. The average molecular weight is 453 g/mol. The topological polar surface area (TPSA) is 105 Å². The number of nitrogens with two attached hydrogens (primary N) is 1. The van der Waals surface area contributed by atoms with Gasteiger partial charge in [0, 0.05) is 38.5 Å².